The average Bonchev–Trinajstić information content (AvgIpc) is 2.75. The number of benzene rings is 1. The first-order valence-electron chi connectivity index (χ1n) is 4.99. The van der Waals surface area contributed by atoms with Crippen LogP contribution in [-0.4, -0.2) is 7.11 Å². The van der Waals surface area contributed by atoms with Gasteiger partial charge >= 0.3 is 0 Å². The molecule has 1 aromatic heterocycles. The van der Waals surface area contributed by atoms with Crippen LogP contribution in [0.4, 0.5) is 0 Å². The smallest absolute Gasteiger partial charge is 0.135 e. The van der Waals surface area contributed by atoms with Gasteiger partial charge in [-0.3, -0.25) is 0 Å². The van der Waals surface area contributed by atoms with Gasteiger partial charge in [-0.25, -0.2) is 0 Å². The molecule has 1 heterocycles. The SMILES string of the molecule is COc1cc(Br)c(OCc2sccc2Br)cc1Br. The topological polar surface area (TPSA) is 18.5 Å². The Morgan fingerprint density at radius 2 is 1.72 bits per heavy atom. The van der Waals surface area contributed by atoms with E-state index in [2.05, 4.69) is 47.8 Å². The largest absolute Gasteiger partial charge is 0.496 e. The van der Waals surface area contributed by atoms with Gasteiger partial charge in [-0.2, -0.15) is 0 Å². The number of methoxy groups -OCH3 is 1. The zero-order valence-corrected chi connectivity index (χ0v) is 14.9. The van der Waals surface area contributed by atoms with Gasteiger partial charge in [0.25, 0.3) is 0 Å². The molecule has 0 spiro atoms. The van der Waals surface area contributed by atoms with E-state index in [4.69, 9.17) is 9.47 Å². The van der Waals surface area contributed by atoms with Crippen LogP contribution in [0.5, 0.6) is 11.5 Å². The lowest BCUT2D eigenvalue weighted by Crippen LogP contribution is -1.95. The van der Waals surface area contributed by atoms with E-state index >= 15 is 0 Å². The first kappa shape index (κ1) is 14.4. The van der Waals surface area contributed by atoms with Crippen LogP contribution in [0, 0.1) is 0 Å². The normalized spacial score (nSPS) is 10.4. The Kier molecular flexibility index (Phi) is 5.12. The van der Waals surface area contributed by atoms with Crippen molar-refractivity contribution in [3.05, 3.63) is 41.9 Å². The van der Waals surface area contributed by atoms with E-state index in [1.807, 2.05) is 23.6 Å². The highest BCUT2D eigenvalue weighted by molar-refractivity contribution is 9.11. The van der Waals surface area contributed by atoms with E-state index in [0.29, 0.717) is 6.61 Å². The second-order valence-electron chi connectivity index (χ2n) is 3.40. The summed E-state index contributed by atoms with van der Waals surface area (Å²) in [6.45, 7) is 0.537. The zero-order valence-electron chi connectivity index (χ0n) is 9.38. The van der Waals surface area contributed by atoms with Crippen molar-refractivity contribution >= 4 is 59.1 Å². The standard InChI is InChI=1S/C12H9Br3O2S/c1-16-10-4-9(15)11(5-8(10)14)17-6-12-7(13)2-3-18-12/h2-5H,6H2,1H3. The number of halogens is 3. The number of hydrogen-bond acceptors (Lipinski definition) is 3. The Bertz CT molecular complexity index is 554. The summed E-state index contributed by atoms with van der Waals surface area (Å²) in [6.07, 6.45) is 0. The maximum atomic E-state index is 5.79. The Morgan fingerprint density at radius 3 is 2.33 bits per heavy atom. The highest BCUT2D eigenvalue weighted by atomic mass is 79.9. The van der Waals surface area contributed by atoms with Crippen LogP contribution in [0.1, 0.15) is 4.88 Å². The lowest BCUT2D eigenvalue weighted by atomic mass is 10.3. The van der Waals surface area contributed by atoms with Crippen molar-refractivity contribution in [3.63, 3.8) is 0 Å². The highest BCUT2D eigenvalue weighted by Gasteiger charge is 2.09. The van der Waals surface area contributed by atoms with Gasteiger partial charge in [0.2, 0.25) is 0 Å². The van der Waals surface area contributed by atoms with Gasteiger partial charge in [0.15, 0.2) is 0 Å². The number of rotatable bonds is 4. The summed E-state index contributed by atoms with van der Waals surface area (Å²) in [5.74, 6) is 1.55. The van der Waals surface area contributed by atoms with Crippen molar-refractivity contribution in [2.24, 2.45) is 0 Å². The monoisotopic (exact) mass is 454 g/mol. The van der Waals surface area contributed by atoms with Crippen LogP contribution in [0.3, 0.4) is 0 Å². The lowest BCUT2D eigenvalue weighted by Gasteiger charge is -2.10. The minimum atomic E-state index is 0.537. The molecule has 0 N–H and O–H groups in total. The molecular formula is C12H9Br3O2S. The Morgan fingerprint density at radius 1 is 1.06 bits per heavy atom. The number of hydrogen-bond donors (Lipinski definition) is 0. The minimum Gasteiger partial charge on any atom is -0.496 e. The molecule has 0 aliphatic rings. The lowest BCUT2D eigenvalue weighted by molar-refractivity contribution is 0.306. The van der Waals surface area contributed by atoms with Gasteiger partial charge in [-0.15, -0.1) is 11.3 Å². The van der Waals surface area contributed by atoms with E-state index in [0.717, 1.165) is 29.8 Å². The molecule has 2 aromatic rings. The van der Waals surface area contributed by atoms with Crippen molar-refractivity contribution < 1.29 is 9.47 Å². The van der Waals surface area contributed by atoms with E-state index in [9.17, 15) is 0 Å². The van der Waals surface area contributed by atoms with Crippen LogP contribution in [0.25, 0.3) is 0 Å². The van der Waals surface area contributed by atoms with Gasteiger partial charge in [0.1, 0.15) is 18.1 Å². The van der Waals surface area contributed by atoms with Crippen LogP contribution in [0.15, 0.2) is 37.0 Å². The molecule has 0 saturated carbocycles. The third kappa shape index (κ3) is 3.29. The number of ether oxygens (including phenoxy) is 2. The van der Waals surface area contributed by atoms with Crippen molar-refractivity contribution in [2.45, 2.75) is 6.61 Å². The van der Waals surface area contributed by atoms with Crippen LogP contribution in [0.2, 0.25) is 0 Å². The quantitative estimate of drug-likeness (QED) is 0.594. The third-order valence-corrected chi connectivity index (χ3v) is 5.40. The predicted octanol–water partition coefficient (Wildman–Crippen LogP) is 5.62. The van der Waals surface area contributed by atoms with Crippen molar-refractivity contribution in [2.75, 3.05) is 7.11 Å². The van der Waals surface area contributed by atoms with Crippen molar-refractivity contribution in [3.8, 4) is 11.5 Å². The van der Waals surface area contributed by atoms with Gasteiger partial charge in [-0.05, 0) is 71.4 Å². The first-order valence-corrected chi connectivity index (χ1v) is 8.25. The zero-order chi connectivity index (χ0) is 13.1. The third-order valence-electron chi connectivity index (χ3n) is 2.26. The first-order chi connectivity index (χ1) is 8.61. The summed E-state index contributed by atoms with van der Waals surface area (Å²) in [5.41, 5.74) is 0. The van der Waals surface area contributed by atoms with E-state index in [-0.39, 0.29) is 0 Å². The van der Waals surface area contributed by atoms with E-state index in [1.54, 1.807) is 18.4 Å². The summed E-state index contributed by atoms with van der Waals surface area (Å²) in [6, 6.07) is 5.79. The molecule has 0 atom stereocenters. The van der Waals surface area contributed by atoms with E-state index in [1.165, 1.54) is 0 Å². The second kappa shape index (κ2) is 6.41. The van der Waals surface area contributed by atoms with Gasteiger partial charge in [0.05, 0.1) is 20.9 Å². The summed E-state index contributed by atoms with van der Waals surface area (Å²) < 4.78 is 13.8. The van der Waals surface area contributed by atoms with Crippen molar-refractivity contribution in [1.29, 1.82) is 0 Å². The molecule has 0 aliphatic heterocycles. The molecule has 0 saturated heterocycles. The molecule has 0 fully saturated rings. The van der Waals surface area contributed by atoms with Gasteiger partial charge in [0, 0.05) is 4.47 Å². The molecular weight excluding hydrogens is 448 g/mol. The molecule has 18 heavy (non-hydrogen) atoms. The molecule has 6 heteroatoms. The number of thiophene rings is 1. The maximum absolute atomic E-state index is 5.79. The fourth-order valence-electron chi connectivity index (χ4n) is 1.35. The highest BCUT2D eigenvalue weighted by Crippen LogP contribution is 2.36. The summed E-state index contributed by atoms with van der Waals surface area (Å²) in [7, 11) is 1.63. The molecule has 2 nitrogen and oxygen atoms in total. The fourth-order valence-corrected chi connectivity index (χ4v) is 3.65. The maximum Gasteiger partial charge on any atom is 0.135 e. The summed E-state index contributed by atoms with van der Waals surface area (Å²) >= 11 is 12.1. The summed E-state index contributed by atoms with van der Waals surface area (Å²) in [4.78, 5) is 1.16. The Balaban J connectivity index is 2.15. The second-order valence-corrected chi connectivity index (χ2v) is 6.96. The molecule has 0 aliphatic carbocycles. The Labute approximate surface area is 135 Å². The molecule has 96 valence electrons. The van der Waals surface area contributed by atoms with Crippen LogP contribution < -0.4 is 9.47 Å². The molecule has 0 unspecified atom stereocenters. The molecule has 0 radical (unpaired) electrons. The molecule has 0 bridgehead atoms. The summed E-state index contributed by atoms with van der Waals surface area (Å²) in [5, 5.41) is 2.03. The average molecular weight is 457 g/mol. The Hall–Kier alpha value is -0.0400. The minimum absolute atomic E-state index is 0.537. The van der Waals surface area contributed by atoms with Crippen molar-refractivity contribution in [1.82, 2.24) is 0 Å². The van der Waals surface area contributed by atoms with Crippen LogP contribution in [-0.2, 0) is 6.61 Å². The van der Waals surface area contributed by atoms with Gasteiger partial charge in [-0.1, -0.05) is 0 Å². The van der Waals surface area contributed by atoms with E-state index < -0.39 is 0 Å². The van der Waals surface area contributed by atoms with Gasteiger partial charge < -0.3 is 9.47 Å². The molecule has 2 rings (SSSR count). The predicted molar refractivity (Wildman–Crippen MR) is 84.7 cm³/mol. The fraction of sp³-hybridized carbons (Fsp3) is 0.167. The molecule has 0 amide bonds. The molecule has 1 aromatic carbocycles. The van der Waals surface area contributed by atoms with Crippen LogP contribution >= 0.6 is 59.1 Å².